The molecule has 1 heterocycles. The first kappa shape index (κ1) is 12.0. The van der Waals surface area contributed by atoms with Crippen LogP contribution in [0.1, 0.15) is 11.5 Å². The molecule has 90 valence electrons. The zero-order valence-electron chi connectivity index (χ0n) is 8.69. The van der Waals surface area contributed by atoms with Gasteiger partial charge in [0, 0.05) is 11.8 Å². The van der Waals surface area contributed by atoms with Crippen LogP contribution in [0.25, 0.3) is 0 Å². The van der Waals surface area contributed by atoms with E-state index in [2.05, 4.69) is 10.2 Å². The van der Waals surface area contributed by atoms with Crippen LogP contribution >= 0.6 is 11.8 Å². The first-order chi connectivity index (χ1) is 8.19. The van der Waals surface area contributed by atoms with Gasteiger partial charge >= 0.3 is 0 Å². The number of rotatable bonds is 4. The molecule has 7 heteroatoms. The number of hydrogen-bond acceptors (Lipinski definition) is 5. The van der Waals surface area contributed by atoms with E-state index >= 15 is 0 Å². The van der Waals surface area contributed by atoms with E-state index in [1.807, 2.05) is 0 Å². The van der Waals surface area contributed by atoms with Crippen molar-refractivity contribution in [2.24, 2.45) is 5.73 Å². The number of benzene rings is 1. The number of aromatic nitrogens is 2. The molecule has 0 aliphatic carbocycles. The van der Waals surface area contributed by atoms with Gasteiger partial charge in [0.1, 0.15) is 11.6 Å². The number of nitrogens with zero attached hydrogens (tertiary/aromatic N) is 2. The van der Waals surface area contributed by atoms with E-state index in [1.54, 1.807) is 0 Å². The Morgan fingerprint density at radius 2 is 2.12 bits per heavy atom. The summed E-state index contributed by atoms with van der Waals surface area (Å²) in [5, 5.41) is 7.70. The first-order valence-electron chi connectivity index (χ1n) is 4.78. The summed E-state index contributed by atoms with van der Waals surface area (Å²) in [5.74, 6) is -0.569. The topological polar surface area (TPSA) is 64.9 Å². The molecular weight excluding hydrogens is 248 g/mol. The fraction of sp³-hybridized carbons (Fsp3) is 0.200. The minimum absolute atomic E-state index is 0.165. The van der Waals surface area contributed by atoms with Gasteiger partial charge in [-0.25, -0.2) is 8.78 Å². The molecule has 0 spiro atoms. The lowest BCUT2D eigenvalue weighted by atomic mass is 10.2. The monoisotopic (exact) mass is 257 g/mol. The first-order valence-corrected chi connectivity index (χ1v) is 5.77. The molecular formula is C10H9F2N3OS. The third kappa shape index (κ3) is 3.01. The minimum atomic E-state index is -0.598. The van der Waals surface area contributed by atoms with Crippen LogP contribution in [0.2, 0.25) is 0 Å². The second-order valence-corrected chi connectivity index (χ2v) is 4.12. The lowest BCUT2D eigenvalue weighted by Gasteiger charge is -2.00. The average Bonchev–Trinajstić information content (AvgIpc) is 2.76. The van der Waals surface area contributed by atoms with Crippen molar-refractivity contribution in [1.29, 1.82) is 0 Å². The standard InChI is InChI=1S/C10H9F2N3OS/c11-7-2-1-6(8(12)3-7)5-17-10-15-14-9(4-13)16-10/h1-3H,4-5,13H2. The largest absolute Gasteiger partial charge is 0.415 e. The van der Waals surface area contributed by atoms with E-state index < -0.39 is 11.6 Å². The molecule has 0 aliphatic rings. The summed E-state index contributed by atoms with van der Waals surface area (Å²) in [6.45, 7) is 0.165. The van der Waals surface area contributed by atoms with Crippen molar-refractivity contribution in [3.8, 4) is 0 Å². The molecule has 0 atom stereocenters. The predicted molar refractivity (Wildman–Crippen MR) is 58.1 cm³/mol. The van der Waals surface area contributed by atoms with Crippen molar-refractivity contribution in [2.75, 3.05) is 0 Å². The Morgan fingerprint density at radius 3 is 2.76 bits per heavy atom. The van der Waals surface area contributed by atoms with E-state index in [0.29, 0.717) is 16.7 Å². The molecule has 2 N–H and O–H groups in total. The highest BCUT2D eigenvalue weighted by molar-refractivity contribution is 7.98. The van der Waals surface area contributed by atoms with Crippen LogP contribution in [0, 0.1) is 11.6 Å². The molecule has 2 aromatic rings. The van der Waals surface area contributed by atoms with Crippen molar-refractivity contribution < 1.29 is 13.2 Å². The minimum Gasteiger partial charge on any atom is -0.415 e. The highest BCUT2D eigenvalue weighted by atomic mass is 32.2. The zero-order valence-corrected chi connectivity index (χ0v) is 9.51. The fourth-order valence-electron chi connectivity index (χ4n) is 1.16. The van der Waals surface area contributed by atoms with E-state index in [4.69, 9.17) is 10.2 Å². The molecule has 4 nitrogen and oxygen atoms in total. The van der Waals surface area contributed by atoms with Gasteiger partial charge in [-0.15, -0.1) is 10.2 Å². The molecule has 0 aliphatic heterocycles. The van der Waals surface area contributed by atoms with Gasteiger partial charge in [0.2, 0.25) is 5.89 Å². The number of halogens is 2. The summed E-state index contributed by atoms with van der Waals surface area (Å²) in [6.07, 6.45) is 0. The molecule has 1 aromatic carbocycles. The Bertz CT molecular complexity index is 518. The number of nitrogens with two attached hydrogens (primary N) is 1. The van der Waals surface area contributed by atoms with Crippen molar-refractivity contribution in [3.63, 3.8) is 0 Å². The Labute approximate surface area is 100 Å². The third-order valence-corrected chi connectivity index (χ3v) is 2.86. The second-order valence-electron chi connectivity index (χ2n) is 3.19. The quantitative estimate of drug-likeness (QED) is 0.850. The zero-order chi connectivity index (χ0) is 12.3. The molecule has 2 rings (SSSR count). The van der Waals surface area contributed by atoms with Gasteiger partial charge in [0.15, 0.2) is 0 Å². The Hall–Kier alpha value is -1.47. The van der Waals surface area contributed by atoms with Crippen LogP contribution in [0.3, 0.4) is 0 Å². The van der Waals surface area contributed by atoms with Gasteiger partial charge in [0.05, 0.1) is 6.54 Å². The van der Waals surface area contributed by atoms with Crippen LogP contribution in [0.15, 0.2) is 27.8 Å². The molecule has 1 aromatic heterocycles. The van der Waals surface area contributed by atoms with Crippen LogP contribution in [-0.2, 0) is 12.3 Å². The van der Waals surface area contributed by atoms with Crippen LogP contribution < -0.4 is 5.73 Å². The van der Waals surface area contributed by atoms with Crippen LogP contribution in [-0.4, -0.2) is 10.2 Å². The average molecular weight is 257 g/mol. The molecule has 0 amide bonds. The van der Waals surface area contributed by atoms with Crippen molar-refractivity contribution >= 4 is 11.8 Å². The second kappa shape index (κ2) is 5.24. The van der Waals surface area contributed by atoms with Gasteiger partial charge in [-0.1, -0.05) is 17.8 Å². The summed E-state index contributed by atoms with van der Waals surface area (Å²) in [6, 6.07) is 3.44. The highest BCUT2D eigenvalue weighted by Crippen LogP contribution is 2.23. The van der Waals surface area contributed by atoms with E-state index in [1.165, 1.54) is 23.9 Å². The normalized spacial score (nSPS) is 10.8. The van der Waals surface area contributed by atoms with Crippen molar-refractivity contribution in [2.45, 2.75) is 17.5 Å². The summed E-state index contributed by atoms with van der Waals surface area (Å²) in [4.78, 5) is 0. The van der Waals surface area contributed by atoms with Crippen molar-refractivity contribution in [1.82, 2.24) is 10.2 Å². The molecule has 0 saturated carbocycles. The maximum atomic E-state index is 13.3. The van der Waals surface area contributed by atoms with Gasteiger partial charge in [-0.2, -0.15) is 0 Å². The highest BCUT2D eigenvalue weighted by Gasteiger charge is 2.08. The molecule has 0 radical (unpaired) electrons. The summed E-state index contributed by atoms with van der Waals surface area (Å²) in [7, 11) is 0. The lowest BCUT2D eigenvalue weighted by Crippen LogP contribution is -1.95. The van der Waals surface area contributed by atoms with Gasteiger partial charge in [-0.3, -0.25) is 0 Å². The Morgan fingerprint density at radius 1 is 1.29 bits per heavy atom. The van der Waals surface area contributed by atoms with Crippen molar-refractivity contribution in [3.05, 3.63) is 41.3 Å². The van der Waals surface area contributed by atoms with Crippen LogP contribution in [0.5, 0.6) is 0 Å². The Kier molecular flexibility index (Phi) is 3.70. The van der Waals surface area contributed by atoms with E-state index in [-0.39, 0.29) is 12.3 Å². The fourth-order valence-corrected chi connectivity index (χ4v) is 1.92. The summed E-state index contributed by atoms with van der Waals surface area (Å²) < 4.78 is 31.1. The van der Waals surface area contributed by atoms with E-state index in [0.717, 1.165) is 6.07 Å². The Balaban J connectivity index is 2.02. The van der Waals surface area contributed by atoms with Crippen LogP contribution in [0.4, 0.5) is 8.78 Å². The molecule has 0 fully saturated rings. The van der Waals surface area contributed by atoms with Gasteiger partial charge < -0.3 is 10.2 Å². The maximum Gasteiger partial charge on any atom is 0.276 e. The maximum absolute atomic E-state index is 13.3. The van der Waals surface area contributed by atoms with Gasteiger partial charge in [-0.05, 0) is 11.6 Å². The van der Waals surface area contributed by atoms with E-state index in [9.17, 15) is 8.78 Å². The summed E-state index contributed by atoms with van der Waals surface area (Å²) >= 11 is 1.17. The molecule has 17 heavy (non-hydrogen) atoms. The smallest absolute Gasteiger partial charge is 0.276 e. The number of hydrogen-bond donors (Lipinski definition) is 1. The summed E-state index contributed by atoms with van der Waals surface area (Å²) in [5.41, 5.74) is 5.68. The molecule has 0 saturated heterocycles. The SMILES string of the molecule is NCc1nnc(SCc2ccc(F)cc2F)o1. The lowest BCUT2D eigenvalue weighted by molar-refractivity contribution is 0.414. The molecule has 0 unspecified atom stereocenters. The van der Waals surface area contributed by atoms with Gasteiger partial charge in [0.25, 0.3) is 5.22 Å². The number of thioether (sulfide) groups is 1. The molecule has 0 bridgehead atoms. The third-order valence-electron chi connectivity index (χ3n) is 1.99. The predicted octanol–water partition coefficient (Wildman–Crippen LogP) is 2.10.